The number of hydrogen-bond acceptors (Lipinski definition) is 4. The number of allylic oxidation sites excluding steroid dienone is 1. The van der Waals surface area contributed by atoms with Gasteiger partial charge in [-0.15, -0.1) is 0 Å². The Labute approximate surface area is 185 Å². The van der Waals surface area contributed by atoms with Crippen molar-refractivity contribution in [2.75, 3.05) is 0 Å². The number of aliphatic hydroxyl groups is 1. The van der Waals surface area contributed by atoms with Crippen LogP contribution in [-0.2, 0) is 13.7 Å². The van der Waals surface area contributed by atoms with Crippen molar-refractivity contribution >= 4 is 11.3 Å². The van der Waals surface area contributed by atoms with E-state index in [1.165, 1.54) is 16.7 Å². The molecule has 3 aromatic rings. The van der Waals surface area contributed by atoms with Gasteiger partial charge in [0.05, 0.1) is 24.4 Å². The van der Waals surface area contributed by atoms with Gasteiger partial charge in [-0.05, 0) is 42.0 Å². The van der Waals surface area contributed by atoms with Gasteiger partial charge >= 0.3 is 0 Å². The molecule has 1 unspecified atom stereocenters. The van der Waals surface area contributed by atoms with E-state index >= 15 is 0 Å². The monoisotopic (exact) mass is 430 g/mol. The third-order valence-corrected chi connectivity index (χ3v) is 5.80. The number of halogens is 1. The topological polar surface area (TPSA) is 85.5 Å². The molecule has 1 aliphatic carbocycles. The van der Waals surface area contributed by atoms with Gasteiger partial charge in [0.25, 0.3) is 5.56 Å². The highest BCUT2D eigenvalue weighted by molar-refractivity contribution is 5.82. The van der Waals surface area contributed by atoms with E-state index in [1.54, 1.807) is 37.4 Å². The largest absolute Gasteiger partial charge is 0.392 e. The average molecular weight is 430 g/mol. The van der Waals surface area contributed by atoms with Crippen LogP contribution in [0.3, 0.4) is 0 Å². The highest BCUT2D eigenvalue weighted by Crippen LogP contribution is 2.33. The zero-order valence-corrected chi connectivity index (χ0v) is 17.7. The number of aliphatic hydroxyl groups excluding tert-OH is 1. The zero-order valence-electron chi connectivity index (χ0n) is 17.7. The van der Waals surface area contributed by atoms with Crippen LogP contribution in [-0.4, -0.2) is 20.7 Å². The molecule has 32 heavy (non-hydrogen) atoms. The molecule has 0 amide bonds. The Morgan fingerprint density at radius 3 is 2.56 bits per heavy atom. The molecule has 0 aliphatic heterocycles. The Morgan fingerprint density at radius 2 is 1.97 bits per heavy atom. The first kappa shape index (κ1) is 21.6. The lowest BCUT2D eigenvalue weighted by molar-refractivity contribution is 0.282. The molecule has 1 aromatic heterocycles. The van der Waals surface area contributed by atoms with Crippen molar-refractivity contribution in [3.8, 4) is 22.4 Å². The molecular weight excluding hydrogens is 407 g/mol. The summed E-state index contributed by atoms with van der Waals surface area (Å²) >= 11 is 0. The van der Waals surface area contributed by atoms with Gasteiger partial charge in [0, 0.05) is 18.7 Å². The third-order valence-electron chi connectivity index (χ3n) is 5.80. The van der Waals surface area contributed by atoms with E-state index in [-0.39, 0.29) is 23.9 Å². The molecule has 162 valence electrons. The van der Waals surface area contributed by atoms with Gasteiger partial charge in [-0.25, -0.2) is 14.2 Å². The molecule has 0 saturated carbocycles. The highest BCUT2D eigenvalue weighted by Gasteiger charge is 2.22. The van der Waals surface area contributed by atoms with Crippen LogP contribution in [0.2, 0.25) is 0 Å². The summed E-state index contributed by atoms with van der Waals surface area (Å²) in [6, 6.07) is 11.3. The van der Waals surface area contributed by atoms with Gasteiger partial charge in [0.2, 0.25) is 5.69 Å². The minimum absolute atomic E-state index is 0.0874. The van der Waals surface area contributed by atoms with Gasteiger partial charge in [0.15, 0.2) is 0 Å². The van der Waals surface area contributed by atoms with Gasteiger partial charge in [-0.1, -0.05) is 42.5 Å². The van der Waals surface area contributed by atoms with Crippen LogP contribution in [0.4, 0.5) is 10.1 Å². The van der Waals surface area contributed by atoms with Crippen LogP contribution in [0, 0.1) is 12.4 Å². The third kappa shape index (κ3) is 3.98. The second-order valence-corrected chi connectivity index (χ2v) is 7.92. The molecule has 6 nitrogen and oxygen atoms in total. The summed E-state index contributed by atoms with van der Waals surface area (Å²) in [5, 5.41) is 9.35. The summed E-state index contributed by atoms with van der Waals surface area (Å²) in [4.78, 5) is 21.5. The molecule has 4 rings (SSSR count). The summed E-state index contributed by atoms with van der Waals surface area (Å²) in [5.41, 5.74) is 9.05. The Bertz CT molecular complexity index is 1300. The van der Waals surface area contributed by atoms with Crippen LogP contribution in [0.5, 0.6) is 0 Å². The predicted octanol–water partition coefficient (Wildman–Crippen LogP) is 4.19. The molecule has 0 radical (unpaired) electrons. The van der Waals surface area contributed by atoms with Gasteiger partial charge in [0.1, 0.15) is 11.6 Å². The summed E-state index contributed by atoms with van der Waals surface area (Å²) in [6.07, 6.45) is 4.23. The molecule has 3 N–H and O–H groups in total. The van der Waals surface area contributed by atoms with E-state index in [1.807, 2.05) is 6.08 Å². The number of rotatable bonds is 4. The Kier molecular flexibility index (Phi) is 5.99. The van der Waals surface area contributed by atoms with E-state index in [0.29, 0.717) is 46.6 Å². The Hall–Kier alpha value is -3.60. The predicted molar refractivity (Wildman–Crippen MR) is 122 cm³/mol. The standard InChI is InChI=1S/C25H23FN4O2/c1-28-21-12-9-18(13-20(21)26)23-22(16-5-3-15(14-31)4-6-16)25(32)30(2)24(29-23)17-7-10-19(27)11-8-17/h3-7,9,12-13,19,31H,8,10-11,14,27H2,2H3. The van der Waals surface area contributed by atoms with E-state index in [0.717, 1.165) is 12.0 Å². The molecule has 0 bridgehead atoms. The first-order chi connectivity index (χ1) is 15.4. The summed E-state index contributed by atoms with van der Waals surface area (Å²) in [5.74, 6) is -0.131. The van der Waals surface area contributed by atoms with E-state index in [9.17, 15) is 14.3 Å². The van der Waals surface area contributed by atoms with Gasteiger partial charge < -0.3 is 10.8 Å². The molecule has 0 spiro atoms. The van der Waals surface area contributed by atoms with Crippen LogP contribution in [0.25, 0.3) is 32.8 Å². The molecule has 1 atom stereocenters. The second kappa shape index (κ2) is 8.87. The number of hydrogen-bond donors (Lipinski definition) is 2. The molecule has 2 aromatic carbocycles. The quantitative estimate of drug-likeness (QED) is 0.608. The van der Waals surface area contributed by atoms with Crippen LogP contribution >= 0.6 is 0 Å². The molecule has 7 heteroatoms. The van der Waals surface area contributed by atoms with Crippen molar-refractivity contribution in [3.05, 3.63) is 87.5 Å². The van der Waals surface area contributed by atoms with Crippen LogP contribution in [0.1, 0.15) is 30.7 Å². The van der Waals surface area contributed by atoms with Crippen molar-refractivity contribution in [3.63, 3.8) is 0 Å². The number of aromatic nitrogens is 2. The molecule has 1 aliphatic rings. The van der Waals surface area contributed by atoms with Gasteiger partial charge in [-0.2, -0.15) is 0 Å². The van der Waals surface area contributed by atoms with E-state index in [2.05, 4.69) is 4.85 Å². The summed E-state index contributed by atoms with van der Waals surface area (Å²) in [6.45, 7) is 6.99. The van der Waals surface area contributed by atoms with E-state index < -0.39 is 5.82 Å². The second-order valence-electron chi connectivity index (χ2n) is 7.92. The first-order valence-corrected chi connectivity index (χ1v) is 10.4. The first-order valence-electron chi connectivity index (χ1n) is 10.4. The lowest BCUT2D eigenvalue weighted by Gasteiger charge is -2.21. The van der Waals surface area contributed by atoms with Crippen molar-refractivity contribution < 1.29 is 9.50 Å². The van der Waals surface area contributed by atoms with Gasteiger partial charge in [-0.3, -0.25) is 9.36 Å². The summed E-state index contributed by atoms with van der Waals surface area (Å²) < 4.78 is 16.0. The van der Waals surface area contributed by atoms with Crippen molar-refractivity contribution in [1.82, 2.24) is 9.55 Å². The summed E-state index contributed by atoms with van der Waals surface area (Å²) in [7, 11) is 1.68. The molecule has 1 heterocycles. The lowest BCUT2D eigenvalue weighted by atomic mass is 9.94. The molecular formula is C25H23FN4O2. The van der Waals surface area contributed by atoms with E-state index in [4.69, 9.17) is 17.3 Å². The smallest absolute Gasteiger partial charge is 0.262 e. The minimum atomic E-state index is -0.661. The van der Waals surface area contributed by atoms with Crippen molar-refractivity contribution in [2.45, 2.75) is 31.9 Å². The fourth-order valence-corrected chi connectivity index (χ4v) is 3.94. The maximum absolute atomic E-state index is 14.5. The molecule has 0 saturated heterocycles. The number of nitrogens with zero attached hydrogens (tertiary/aromatic N) is 3. The van der Waals surface area contributed by atoms with Crippen LogP contribution < -0.4 is 11.3 Å². The normalized spacial score (nSPS) is 15.8. The fraction of sp³-hybridized carbons (Fsp3) is 0.240. The Balaban J connectivity index is 1.98. The minimum Gasteiger partial charge on any atom is -0.392 e. The number of nitrogens with two attached hydrogens (primary N) is 1. The maximum atomic E-state index is 14.5. The van der Waals surface area contributed by atoms with Crippen LogP contribution in [0.15, 0.2) is 53.3 Å². The van der Waals surface area contributed by atoms with Crippen molar-refractivity contribution in [2.24, 2.45) is 12.8 Å². The number of benzene rings is 2. The Morgan fingerprint density at radius 1 is 1.25 bits per heavy atom. The van der Waals surface area contributed by atoms with Crippen molar-refractivity contribution in [1.29, 1.82) is 0 Å². The fourth-order valence-electron chi connectivity index (χ4n) is 3.94. The lowest BCUT2D eigenvalue weighted by Crippen LogP contribution is -2.27. The maximum Gasteiger partial charge on any atom is 0.262 e. The average Bonchev–Trinajstić information content (AvgIpc) is 2.81. The highest BCUT2D eigenvalue weighted by atomic mass is 19.1. The molecule has 0 fully saturated rings. The zero-order chi connectivity index (χ0) is 22.8. The SMILES string of the molecule is [C-]#[N+]c1ccc(-c2nc(C3=CCC(N)CC3)n(C)c(=O)c2-c2ccc(CO)cc2)cc1F.